The second-order valence-electron chi connectivity index (χ2n) is 6.67. The predicted molar refractivity (Wildman–Crippen MR) is 105 cm³/mol. The number of nitrogens with two attached hydrogens (primary N) is 1. The Balaban J connectivity index is 1.60. The molecule has 1 aromatic carbocycles. The zero-order valence-electron chi connectivity index (χ0n) is 15.5. The van der Waals surface area contributed by atoms with Gasteiger partial charge in [-0.2, -0.15) is 11.8 Å². The van der Waals surface area contributed by atoms with E-state index in [1.165, 1.54) is 24.3 Å². The van der Waals surface area contributed by atoms with Crippen LogP contribution in [0.3, 0.4) is 0 Å². The Morgan fingerprint density at radius 2 is 1.92 bits per heavy atom. The fraction of sp³-hybridized carbons (Fsp3) is 0.632. The number of piperazine rings is 1. The molecule has 0 atom stereocenters. The van der Waals surface area contributed by atoms with Crippen molar-refractivity contribution in [2.75, 3.05) is 57.9 Å². The van der Waals surface area contributed by atoms with E-state index in [0.29, 0.717) is 36.3 Å². The average Bonchev–Trinajstić information content (AvgIpc) is 2.72. The van der Waals surface area contributed by atoms with Crippen LogP contribution in [0.2, 0.25) is 0 Å². The molecule has 1 amide bonds. The number of ether oxygens (including phenoxy) is 2. The molecular weight excluding hydrogens is 350 g/mol. The Morgan fingerprint density at radius 3 is 2.58 bits per heavy atom. The Morgan fingerprint density at radius 1 is 1.19 bits per heavy atom. The summed E-state index contributed by atoms with van der Waals surface area (Å²) in [6.45, 7) is 4.32. The van der Waals surface area contributed by atoms with Gasteiger partial charge in [0.05, 0.1) is 7.11 Å². The van der Waals surface area contributed by atoms with Gasteiger partial charge in [-0.25, -0.2) is 0 Å². The molecular formula is C19H29N3O3S. The summed E-state index contributed by atoms with van der Waals surface area (Å²) >= 11 is 2.05. The van der Waals surface area contributed by atoms with Crippen LogP contribution < -0.4 is 15.2 Å². The lowest BCUT2D eigenvalue weighted by Crippen LogP contribution is -2.52. The van der Waals surface area contributed by atoms with E-state index in [1.54, 1.807) is 25.3 Å². The van der Waals surface area contributed by atoms with Crippen LogP contribution in [0.15, 0.2) is 18.2 Å². The highest BCUT2D eigenvalue weighted by molar-refractivity contribution is 7.99. The van der Waals surface area contributed by atoms with Gasteiger partial charge in [0.25, 0.3) is 5.91 Å². The third-order valence-electron chi connectivity index (χ3n) is 5.09. The first-order chi connectivity index (χ1) is 12.7. The number of nitrogens with zero attached hydrogens (tertiary/aromatic N) is 2. The molecule has 2 fully saturated rings. The predicted octanol–water partition coefficient (Wildman–Crippen LogP) is 1.69. The van der Waals surface area contributed by atoms with Crippen molar-refractivity contribution in [1.82, 2.24) is 9.80 Å². The van der Waals surface area contributed by atoms with Gasteiger partial charge < -0.3 is 20.1 Å². The number of thioether (sulfide) groups is 1. The summed E-state index contributed by atoms with van der Waals surface area (Å²) in [5.74, 6) is 3.78. The van der Waals surface area contributed by atoms with Gasteiger partial charge in [-0.3, -0.25) is 9.69 Å². The normalized spacial score (nSPS) is 19.4. The molecule has 0 aliphatic carbocycles. The highest BCUT2D eigenvalue weighted by atomic mass is 32.2. The molecule has 2 heterocycles. The first kappa shape index (κ1) is 19.3. The van der Waals surface area contributed by atoms with E-state index in [9.17, 15) is 4.79 Å². The van der Waals surface area contributed by atoms with Crippen LogP contribution in [0.4, 0.5) is 0 Å². The second kappa shape index (κ2) is 9.48. The number of amides is 1. The number of carbonyl (C=O) groups excluding carboxylic acids is 1. The van der Waals surface area contributed by atoms with Crippen molar-refractivity contribution in [3.05, 3.63) is 23.8 Å². The molecule has 0 unspecified atom stereocenters. The molecule has 0 bridgehead atoms. The van der Waals surface area contributed by atoms with Gasteiger partial charge in [0.15, 0.2) is 11.5 Å². The van der Waals surface area contributed by atoms with E-state index < -0.39 is 0 Å². The summed E-state index contributed by atoms with van der Waals surface area (Å²) in [6, 6.07) is 6.06. The van der Waals surface area contributed by atoms with Gasteiger partial charge in [-0.1, -0.05) is 0 Å². The molecule has 2 saturated heterocycles. The fourth-order valence-electron chi connectivity index (χ4n) is 3.61. The molecule has 1 aromatic rings. The van der Waals surface area contributed by atoms with Gasteiger partial charge in [0, 0.05) is 44.3 Å². The van der Waals surface area contributed by atoms with E-state index in [4.69, 9.17) is 15.2 Å². The third-order valence-corrected chi connectivity index (χ3v) is 6.14. The molecule has 0 saturated carbocycles. The molecule has 0 radical (unpaired) electrons. The molecule has 3 rings (SSSR count). The SMILES string of the molecule is COc1ccc(C(=O)N2CCN(C3CCSCC3)CC2)cc1OCCN. The maximum absolute atomic E-state index is 12.9. The summed E-state index contributed by atoms with van der Waals surface area (Å²) < 4.78 is 10.9. The molecule has 0 spiro atoms. The van der Waals surface area contributed by atoms with Crippen LogP contribution in [-0.4, -0.2) is 79.7 Å². The number of hydrogen-bond donors (Lipinski definition) is 1. The number of methoxy groups -OCH3 is 1. The first-order valence-corrected chi connectivity index (χ1v) is 10.5. The number of hydrogen-bond acceptors (Lipinski definition) is 6. The minimum Gasteiger partial charge on any atom is -0.493 e. The van der Waals surface area contributed by atoms with Gasteiger partial charge >= 0.3 is 0 Å². The maximum atomic E-state index is 12.9. The standard InChI is InChI=1S/C19H29N3O3S/c1-24-17-3-2-15(14-18(17)25-11-6-20)19(23)22-9-7-21(8-10-22)16-4-12-26-13-5-16/h2-3,14,16H,4-13,20H2,1H3. The summed E-state index contributed by atoms with van der Waals surface area (Å²) in [6.07, 6.45) is 2.55. The van der Waals surface area contributed by atoms with Crippen LogP contribution in [0.5, 0.6) is 11.5 Å². The van der Waals surface area contributed by atoms with Crippen molar-refractivity contribution in [1.29, 1.82) is 0 Å². The summed E-state index contributed by atoms with van der Waals surface area (Å²) in [7, 11) is 1.59. The van der Waals surface area contributed by atoms with Crippen molar-refractivity contribution in [2.24, 2.45) is 5.73 Å². The average molecular weight is 380 g/mol. The zero-order valence-corrected chi connectivity index (χ0v) is 16.3. The van der Waals surface area contributed by atoms with Crippen LogP contribution >= 0.6 is 11.8 Å². The highest BCUT2D eigenvalue weighted by Gasteiger charge is 2.28. The highest BCUT2D eigenvalue weighted by Crippen LogP contribution is 2.29. The van der Waals surface area contributed by atoms with E-state index in [2.05, 4.69) is 16.7 Å². The molecule has 7 heteroatoms. The van der Waals surface area contributed by atoms with Crippen molar-refractivity contribution in [3.8, 4) is 11.5 Å². The Labute approximate surface area is 160 Å². The summed E-state index contributed by atoms with van der Waals surface area (Å²) in [4.78, 5) is 17.4. The minimum atomic E-state index is 0.0594. The van der Waals surface area contributed by atoms with Gasteiger partial charge in [-0.15, -0.1) is 0 Å². The topological polar surface area (TPSA) is 68.0 Å². The number of rotatable bonds is 6. The molecule has 2 aliphatic heterocycles. The molecule has 0 aromatic heterocycles. The van der Waals surface area contributed by atoms with Crippen LogP contribution in [0.1, 0.15) is 23.2 Å². The molecule has 144 valence electrons. The quantitative estimate of drug-likeness (QED) is 0.811. The smallest absolute Gasteiger partial charge is 0.254 e. The van der Waals surface area contributed by atoms with E-state index in [0.717, 1.165) is 26.2 Å². The van der Waals surface area contributed by atoms with Crippen molar-refractivity contribution >= 4 is 17.7 Å². The summed E-state index contributed by atoms with van der Waals surface area (Å²) in [5.41, 5.74) is 6.15. The monoisotopic (exact) mass is 379 g/mol. The first-order valence-electron chi connectivity index (χ1n) is 9.35. The number of benzene rings is 1. The Hall–Kier alpha value is -1.44. The molecule has 6 nitrogen and oxygen atoms in total. The van der Waals surface area contributed by atoms with E-state index >= 15 is 0 Å². The Kier molecular flexibility index (Phi) is 7.05. The van der Waals surface area contributed by atoms with Crippen molar-refractivity contribution < 1.29 is 14.3 Å². The number of carbonyl (C=O) groups is 1. The van der Waals surface area contributed by atoms with Crippen LogP contribution in [0.25, 0.3) is 0 Å². The lowest BCUT2D eigenvalue weighted by molar-refractivity contribution is 0.0559. The minimum absolute atomic E-state index is 0.0594. The van der Waals surface area contributed by atoms with E-state index in [-0.39, 0.29) is 5.91 Å². The molecule has 2 N–H and O–H groups in total. The van der Waals surface area contributed by atoms with Crippen molar-refractivity contribution in [3.63, 3.8) is 0 Å². The lowest BCUT2D eigenvalue weighted by atomic mass is 10.1. The lowest BCUT2D eigenvalue weighted by Gasteiger charge is -2.40. The van der Waals surface area contributed by atoms with Gasteiger partial charge in [-0.05, 0) is 42.5 Å². The summed E-state index contributed by atoms with van der Waals surface area (Å²) in [5, 5.41) is 0. The Bertz CT molecular complexity index is 600. The van der Waals surface area contributed by atoms with Gasteiger partial charge in [0.1, 0.15) is 6.61 Å². The van der Waals surface area contributed by atoms with Crippen LogP contribution in [0, 0.1) is 0 Å². The maximum Gasteiger partial charge on any atom is 0.254 e. The van der Waals surface area contributed by atoms with Gasteiger partial charge in [0.2, 0.25) is 0 Å². The largest absolute Gasteiger partial charge is 0.493 e. The van der Waals surface area contributed by atoms with E-state index in [1.807, 2.05) is 4.90 Å². The third kappa shape index (κ3) is 4.64. The fourth-order valence-corrected chi connectivity index (χ4v) is 4.70. The zero-order chi connectivity index (χ0) is 18.4. The van der Waals surface area contributed by atoms with Crippen molar-refractivity contribution in [2.45, 2.75) is 18.9 Å². The molecule has 26 heavy (non-hydrogen) atoms. The molecule has 2 aliphatic rings. The van der Waals surface area contributed by atoms with Crippen LogP contribution in [-0.2, 0) is 0 Å². The second-order valence-corrected chi connectivity index (χ2v) is 7.90.